The molecule has 0 spiro atoms. The van der Waals surface area contributed by atoms with Gasteiger partial charge in [-0.25, -0.2) is 0 Å². The van der Waals surface area contributed by atoms with Crippen molar-refractivity contribution in [2.75, 3.05) is 27.2 Å². The first-order valence-electron chi connectivity index (χ1n) is 3.08. The van der Waals surface area contributed by atoms with E-state index in [2.05, 4.69) is 21.1 Å². The Bertz CT molecular complexity index is 71.4. The molecule has 54 valence electrons. The molecule has 0 fully saturated rings. The van der Waals surface area contributed by atoms with Crippen LogP contribution in [0.4, 0.5) is 0 Å². The van der Waals surface area contributed by atoms with Crippen molar-refractivity contribution in [3.8, 4) is 0 Å². The van der Waals surface area contributed by atoms with Gasteiger partial charge in [0.1, 0.15) is 0 Å². The number of rotatable bonds is 5. The molecule has 0 aromatic carbocycles. The van der Waals surface area contributed by atoms with Gasteiger partial charge in [0, 0.05) is 6.54 Å². The van der Waals surface area contributed by atoms with Gasteiger partial charge in [-0.15, -0.1) is 0 Å². The minimum atomic E-state index is 0.887. The summed E-state index contributed by atoms with van der Waals surface area (Å²) in [5, 5.41) is 10.1. The topological polar surface area (TPSA) is 48.8 Å². The molecule has 0 aromatic heterocycles. The van der Waals surface area contributed by atoms with Crippen LogP contribution in [0.25, 0.3) is 0 Å². The predicted octanol–water partition coefficient (Wildman–Crippen LogP) is 0.182. The third-order valence-electron chi connectivity index (χ3n) is 0.886. The first-order chi connectivity index (χ1) is 4.41. The van der Waals surface area contributed by atoms with E-state index in [0.717, 1.165) is 19.5 Å². The second-order valence-corrected chi connectivity index (χ2v) is 1.67. The quantitative estimate of drug-likeness (QED) is 0.317. The molecule has 9 heavy (non-hydrogen) atoms. The Hall–Kier alpha value is -0.640. The van der Waals surface area contributed by atoms with Crippen LogP contribution in [0, 0.1) is 0 Å². The van der Waals surface area contributed by atoms with Crippen LogP contribution in [-0.4, -0.2) is 27.2 Å². The lowest BCUT2D eigenvalue weighted by Gasteiger charge is -1.96. The molecule has 0 bridgehead atoms. The average Bonchev–Trinajstić information content (AvgIpc) is 1.89. The van der Waals surface area contributed by atoms with Crippen LogP contribution in [0.2, 0.25) is 0 Å². The van der Waals surface area contributed by atoms with Gasteiger partial charge in [-0.2, -0.15) is 5.11 Å². The molecule has 4 nitrogen and oxygen atoms in total. The van der Waals surface area contributed by atoms with Crippen LogP contribution < -0.4 is 10.7 Å². The number of nitrogens with one attached hydrogen (secondary N) is 2. The van der Waals surface area contributed by atoms with Crippen molar-refractivity contribution in [1.29, 1.82) is 0 Å². The van der Waals surface area contributed by atoms with Crippen LogP contribution in [0.3, 0.4) is 0 Å². The first-order valence-corrected chi connectivity index (χ1v) is 3.08. The van der Waals surface area contributed by atoms with Crippen LogP contribution >= 0.6 is 0 Å². The summed E-state index contributed by atoms with van der Waals surface area (Å²) in [5.41, 5.74) is 2.79. The van der Waals surface area contributed by atoms with Gasteiger partial charge in [0.2, 0.25) is 0 Å². The smallest absolute Gasteiger partial charge is 0.0509 e. The largest absolute Gasteiger partial charge is 0.320 e. The van der Waals surface area contributed by atoms with Crippen molar-refractivity contribution in [2.45, 2.75) is 6.42 Å². The molecule has 0 amide bonds. The molecule has 4 heteroatoms. The first kappa shape index (κ1) is 8.36. The van der Waals surface area contributed by atoms with E-state index >= 15 is 0 Å². The lowest BCUT2D eigenvalue weighted by Crippen LogP contribution is -2.15. The minimum Gasteiger partial charge on any atom is -0.320 e. The highest BCUT2D eigenvalue weighted by Gasteiger charge is 1.80. The SMILES string of the molecule is CN=NNCCCNC. The third-order valence-corrected chi connectivity index (χ3v) is 0.886. The highest BCUT2D eigenvalue weighted by atomic mass is 15.4. The van der Waals surface area contributed by atoms with Gasteiger partial charge in [-0.3, -0.25) is 5.43 Å². The van der Waals surface area contributed by atoms with Gasteiger partial charge < -0.3 is 5.32 Å². The van der Waals surface area contributed by atoms with Crippen molar-refractivity contribution in [1.82, 2.24) is 10.7 Å². The van der Waals surface area contributed by atoms with E-state index in [9.17, 15) is 0 Å². The van der Waals surface area contributed by atoms with Crippen LogP contribution in [0.5, 0.6) is 0 Å². The number of hydrogen-bond donors (Lipinski definition) is 2. The van der Waals surface area contributed by atoms with Crippen molar-refractivity contribution in [3.63, 3.8) is 0 Å². The second kappa shape index (κ2) is 7.36. The molecule has 0 heterocycles. The van der Waals surface area contributed by atoms with Crippen LogP contribution in [0.15, 0.2) is 10.3 Å². The Balaban J connectivity index is 2.75. The molecule has 0 aliphatic heterocycles. The summed E-state index contributed by atoms with van der Waals surface area (Å²) >= 11 is 0. The van der Waals surface area contributed by atoms with Gasteiger partial charge in [-0.05, 0) is 20.0 Å². The predicted molar refractivity (Wildman–Crippen MR) is 37.3 cm³/mol. The van der Waals surface area contributed by atoms with Gasteiger partial charge in [0.15, 0.2) is 0 Å². The van der Waals surface area contributed by atoms with Gasteiger partial charge in [0.05, 0.1) is 7.05 Å². The number of nitrogens with zero attached hydrogens (tertiary/aromatic N) is 2. The van der Waals surface area contributed by atoms with Crippen molar-refractivity contribution in [2.24, 2.45) is 10.3 Å². The lowest BCUT2D eigenvalue weighted by atomic mass is 10.4. The second-order valence-electron chi connectivity index (χ2n) is 1.67. The van der Waals surface area contributed by atoms with E-state index in [1.54, 1.807) is 7.05 Å². The lowest BCUT2D eigenvalue weighted by molar-refractivity contribution is 0.624. The molecule has 0 unspecified atom stereocenters. The molecule has 2 N–H and O–H groups in total. The van der Waals surface area contributed by atoms with E-state index in [1.807, 2.05) is 7.05 Å². The monoisotopic (exact) mass is 130 g/mol. The van der Waals surface area contributed by atoms with E-state index in [0.29, 0.717) is 0 Å². The third kappa shape index (κ3) is 7.36. The summed E-state index contributed by atoms with van der Waals surface area (Å²) in [6, 6.07) is 0. The summed E-state index contributed by atoms with van der Waals surface area (Å²) in [7, 11) is 3.58. The number of hydrogen-bond acceptors (Lipinski definition) is 3. The summed E-state index contributed by atoms with van der Waals surface area (Å²) < 4.78 is 0. The zero-order valence-corrected chi connectivity index (χ0v) is 6.02. The standard InChI is InChI=1S/C5H14N4/c1-6-4-3-5-8-9-7-2/h6H,3-5H2,1-2H3,(H,7,8). The van der Waals surface area contributed by atoms with Gasteiger partial charge in [-0.1, -0.05) is 5.22 Å². The highest BCUT2D eigenvalue weighted by molar-refractivity contribution is 4.42. The Labute approximate surface area is 55.7 Å². The van der Waals surface area contributed by atoms with E-state index in [1.165, 1.54) is 0 Å². The Morgan fingerprint density at radius 3 is 2.67 bits per heavy atom. The van der Waals surface area contributed by atoms with E-state index < -0.39 is 0 Å². The van der Waals surface area contributed by atoms with Gasteiger partial charge >= 0.3 is 0 Å². The maximum atomic E-state index is 3.59. The zero-order chi connectivity index (χ0) is 6.95. The highest BCUT2D eigenvalue weighted by Crippen LogP contribution is 1.71. The molecule has 0 aromatic rings. The fraction of sp³-hybridized carbons (Fsp3) is 1.00. The maximum absolute atomic E-state index is 3.59. The molecule has 0 aliphatic rings. The van der Waals surface area contributed by atoms with Crippen molar-refractivity contribution >= 4 is 0 Å². The minimum absolute atomic E-state index is 0.887. The fourth-order valence-corrected chi connectivity index (χ4v) is 0.465. The molecule has 0 aliphatic carbocycles. The molecular formula is C5H14N4. The summed E-state index contributed by atoms with van der Waals surface area (Å²) in [6.45, 7) is 1.91. The van der Waals surface area contributed by atoms with Crippen LogP contribution in [0.1, 0.15) is 6.42 Å². The Morgan fingerprint density at radius 2 is 2.11 bits per heavy atom. The van der Waals surface area contributed by atoms with Crippen LogP contribution in [-0.2, 0) is 0 Å². The molecule has 0 atom stereocenters. The zero-order valence-electron chi connectivity index (χ0n) is 6.02. The summed E-state index contributed by atoms with van der Waals surface area (Å²) in [6.07, 6.45) is 1.08. The molecule has 0 saturated carbocycles. The molecule has 0 rings (SSSR count). The summed E-state index contributed by atoms with van der Waals surface area (Å²) in [4.78, 5) is 0. The molecule has 0 saturated heterocycles. The fourth-order valence-electron chi connectivity index (χ4n) is 0.465. The molecule has 0 radical (unpaired) electrons. The van der Waals surface area contributed by atoms with Crippen molar-refractivity contribution < 1.29 is 0 Å². The summed E-state index contributed by atoms with van der Waals surface area (Å²) in [5.74, 6) is 0. The van der Waals surface area contributed by atoms with Gasteiger partial charge in [0.25, 0.3) is 0 Å². The van der Waals surface area contributed by atoms with Crippen molar-refractivity contribution in [3.05, 3.63) is 0 Å². The van der Waals surface area contributed by atoms with E-state index in [4.69, 9.17) is 0 Å². The van der Waals surface area contributed by atoms with E-state index in [-0.39, 0.29) is 0 Å². The molecular weight excluding hydrogens is 116 g/mol. The normalized spacial score (nSPS) is 10.4. The Morgan fingerprint density at radius 1 is 1.33 bits per heavy atom. The maximum Gasteiger partial charge on any atom is 0.0509 e. The Kier molecular flexibility index (Phi) is 6.84. The average molecular weight is 130 g/mol.